The average Bonchev–Trinajstić information content (AvgIpc) is 3.03. The molecule has 2 aromatic rings. The van der Waals surface area contributed by atoms with Crippen molar-refractivity contribution in [2.45, 2.75) is 25.4 Å². The van der Waals surface area contributed by atoms with E-state index >= 15 is 0 Å². The second kappa shape index (κ2) is 5.56. The number of hydrogen-bond acceptors (Lipinski definition) is 3. The highest BCUT2D eigenvalue weighted by Gasteiger charge is 2.39. The van der Waals surface area contributed by atoms with Crippen molar-refractivity contribution in [3.05, 3.63) is 47.3 Å². The summed E-state index contributed by atoms with van der Waals surface area (Å²) in [6, 6.07) is 15.7. The maximum Gasteiger partial charge on any atom is 0.0346 e. The van der Waals surface area contributed by atoms with Crippen molar-refractivity contribution in [3.63, 3.8) is 0 Å². The molecule has 1 saturated heterocycles. The zero-order chi connectivity index (χ0) is 14.2. The second-order valence-corrected chi connectivity index (χ2v) is 7.67. The Morgan fingerprint density at radius 2 is 1.71 bits per heavy atom. The van der Waals surface area contributed by atoms with E-state index in [4.69, 9.17) is 5.73 Å². The lowest BCUT2D eigenvalue weighted by molar-refractivity contribution is 0.142. The van der Waals surface area contributed by atoms with Gasteiger partial charge in [0.15, 0.2) is 0 Å². The third-order valence-electron chi connectivity index (χ3n) is 5.08. The van der Waals surface area contributed by atoms with Crippen LogP contribution in [0.2, 0.25) is 0 Å². The highest BCUT2D eigenvalue weighted by molar-refractivity contribution is 7.15. The Labute approximate surface area is 130 Å². The molecule has 2 heterocycles. The molecule has 0 radical (unpaired) electrons. The molecule has 2 atom stereocenters. The molecule has 4 rings (SSSR count). The van der Waals surface area contributed by atoms with Gasteiger partial charge >= 0.3 is 0 Å². The molecule has 1 saturated carbocycles. The van der Waals surface area contributed by atoms with E-state index in [9.17, 15) is 0 Å². The molecule has 2 bridgehead atoms. The van der Waals surface area contributed by atoms with E-state index in [-0.39, 0.29) is 0 Å². The van der Waals surface area contributed by atoms with Crippen molar-refractivity contribution in [1.82, 2.24) is 4.90 Å². The molecule has 1 aliphatic carbocycles. The van der Waals surface area contributed by atoms with E-state index in [1.165, 1.54) is 41.2 Å². The molecule has 0 amide bonds. The lowest BCUT2D eigenvalue weighted by Crippen LogP contribution is -2.48. The first-order valence-corrected chi connectivity index (χ1v) is 8.73. The van der Waals surface area contributed by atoms with Crippen LogP contribution in [0.5, 0.6) is 0 Å². The fraction of sp³-hybridized carbons (Fsp3) is 0.444. The summed E-state index contributed by atoms with van der Waals surface area (Å²) in [7, 11) is 0. The number of rotatable bonds is 3. The highest BCUT2D eigenvalue weighted by Crippen LogP contribution is 2.37. The van der Waals surface area contributed by atoms with Crippen LogP contribution in [-0.2, 0) is 6.54 Å². The summed E-state index contributed by atoms with van der Waals surface area (Å²) < 4.78 is 0. The van der Waals surface area contributed by atoms with Crippen molar-refractivity contribution < 1.29 is 0 Å². The first kappa shape index (κ1) is 13.5. The number of piperidine rings is 1. The van der Waals surface area contributed by atoms with E-state index in [1.807, 2.05) is 11.3 Å². The number of benzene rings is 1. The molecule has 0 spiro atoms. The fourth-order valence-corrected chi connectivity index (χ4v) is 4.99. The fourth-order valence-electron chi connectivity index (χ4n) is 3.93. The van der Waals surface area contributed by atoms with Gasteiger partial charge in [-0.1, -0.05) is 30.3 Å². The van der Waals surface area contributed by atoms with Gasteiger partial charge in [-0.25, -0.2) is 0 Å². The molecular formula is C18H22N2S. The first-order valence-electron chi connectivity index (χ1n) is 7.91. The van der Waals surface area contributed by atoms with Crippen LogP contribution in [-0.4, -0.2) is 24.0 Å². The quantitative estimate of drug-likeness (QED) is 0.938. The SMILES string of the molecule is NC1C2CCC1CN(Cc1ccc(-c3ccccc3)s1)C2. The summed E-state index contributed by atoms with van der Waals surface area (Å²) in [6.45, 7) is 3.48. The molecule has 21 heavy (non-hydrogen) atoms. The molecule has 2 nitrogen and oxygen atoms in total. The molecule has 2 aliphatic rings. The Hall–Kier alpha value is -1.16. The van der Waals surface area contributed by atoms with Gasteiger partial charge in [-0.3, -0.25) is 4.90 Å². The zero-order valence-corrected chi connectivity index (χ0v) is 13.1. The van der Waals surface area contributed by atoms with Gasteiger partial charge in [-0.05, 0) is 42.4 Å². The minimum absolute atomic E-state index is 0.462. The Kier molecular flexibility index (Phi) is 3.57. The van der Waals surface area contributed by atoms with Gasteiger partial charge in [0.05, 0.1) is 0 Å². The lowest BCUT2D eigenvalue weighted by Gasteiger charge is -2.35. The summed E-state index contributed by atoms with van der Waals surface area (Å²) in [4.78, 5) is 5.47. The Bertz CT molecular complexity index is 593. The molecule has 2 fully saturated rings. The maximum atomic E-state index is 6.30. The minimum Gasteiger partial charge on any atom is -0.327 e. The van der Waals surface area contributed by atoms with Gasteiger partial charge < -0.3 is 5.73 Å². The Morgan fingerprint density at radius 1 is 1.00 bits per heavy atom. The molecule has 1 aromatic heterocycles. The lowest BCUT2D eigenvalue weighted by atomic mass is 9.93. The van der Waals surface area contributed by atoms with E-state index in [2.05, 4.69) is 47.4 Å². The molecule has 1 aliphatic heterocycles. The maximum absolute atomic E-state index is 6.30. The Balaban J connectivity index is 1.45. The van der Waals surface area contributed by atoms with Crippen LogP contribution in [0.15, 0.2) is 42.5 Å². The summed E-state index contributed by atoms with van der Waals surface area (Å²) >= 11 is 1.93. The Morgan fingerprint density at radius 3 is 2.43 bits per heavy atom. The van der Waals surface area contributed by atoms with Gasteiger partial charge in [0.25, 0.3) is 0 Å². The van der Waals surface area contributed by atoms with Gasteiger partial charge in [0, 0.05) is 35.4 Å². The van der Waals surface area contributed by atoms with Crippen LogP contribution < -0.4 is 5.73 Å². The topological polar surface area (TPSA) is 29.3 Å². The van der Waals surface area contributed by atoms with Crippen LogP contribution in [0.4, 0.5) is 0 Å². The number of hydrogen-bond donors (Lipinski definition) is 1. The van der Waals surface area contributed by atoms with Crippen molar-refractivity contribution >= 4 is 11.3 Å². The number of fused-ring (bicyclic) bond motifs is 2. The highest BCUT2D eigenvalue weighted by atomic mass is 32.1. The van der Waals surface area contributed by atoms with E-state index in [0.29, 0.717) is 6.04 Å². The standard InChI is InChI=1S/C18H22N2S/c19-18-14-6-7-15(18)11-20(10-14)12-16-8-9-17(21-16)13-4-2-1-3-5-13/h1-5,8-9,14-15,18H,6-7,10-12,19H2. The van der Waals surface area contributed by atoms with E-state index in [0.717, 1.165) is 18.4 Å². The predicted octanol–water partition coefficient (Wildman–Crippen LogP) is 3.58. The molecular weight excluding hydrogens is 276 g/mol. The molecule has 2 unspecified atom stereocenters. The normalized spacial score (nSPS) is 28.9. The van der Waals surface area contributed by atoms with Crippen molar-refractivity contribution in [2.75, 3.05) is 13.1 Å². The number of likely N-dealkylation sites (tertiary alicyclic amines) is 1. The third kappa shape index (κ3) is 2.66. The average molecular weight is 298 g/mol. The summed E-state index contributed by atoms with van der Waals surface area (Å²) in [5.41, 5.74) is 7.62. The van der Waals surface area contributed by atoms with Crippen molar-refractivity contribution in [3.8, 4) is 10.4 Å². The van der Waals surface area contributed by atoms with Crippen molar-refractivity contribution in [2.24, 2.45) is 17.6 Å². The monoisotopic (exact) mass is 298 g/mol. The summed E-state index contributed by atoms with van der Waals surface area (Å²) in [5.74, 6) is 1.47. The largest absolute Gasteiger partial charge is 0.327 e. The van der Waals surface area contributed by atoms with E-state index in [1.54, 1.807) is 0 Å². The number of nitrogens with zero attached hydrogens (tertiary/aromatic N) is 1. The predicted molar refractivity (Wildman–Crippen MR) is 89.2 cm³/mol. The van der Waals surface area contributed by atoms with Gasteiger partial charge in [-0.15, -0.1) is 11.3 Å². The van der Waals surface area contributed by atoms with E-state index < -0.39 is 0 Å². The number of thiophene rings is 1. The van der Waals surface area contributed by atoms with Crippen LogP contribution >= 0.6 is 11.3 Å². The molecule has 1 aromatic carbocycles. The third-order valence-corrected chi connectivity index (χ3v) is 6.20. The van der Waals surface area contributed by atoms with Crippen molar-refractivity contribution in [1.29, 1.82) is 0 Å². The minimum atomic E-state index is 0.462. The summed E-state index contributed by atoms with van der Waals surface area (Å²) in [6.07, 6.45) is 2.67. The van der Waals surface area contributed by atoms with Crippen LogP contribution in [0.25, 0.3) is 10.4 Å². The smallest absolute Gasteiger partial charge is 0.0346 e. The van der Waals surface area contributed by atoms with Gasteiger partial charge in [0.1, 0.15) is 0 Å². The molecule has 3 heteroatoms. The van der Waals surface area contributed by atoms with Crippen LogP contribution in [0, 0.1) is 11.8 Å². The van der Waals surface area contributed by atoms with Gasteiger partial charge in [-0.2, -0.15) is 0 Å². The molecule has 2 N–H and O–H groups in total. The second-order valence-electron chi connectivity index (χ2n) is 6.50. The summed E-state index contributed by atoms with van der Waals surface area (Å²) in [5, 5.41) is 0. The first-order chi connectivity index (χ1) is 10.3. The molecule has 110 valence electrons. The zero-order valence-electron chi connectivity index (χ0n) is 12.2. The van der Waals surface area contributed by atoms with Crippen LogP contribution in [0.1, 0.15) is 17.7 Å². The van der Waals surface area contributed by atoms with Crippen LogP contribution in [0.3, 0.4) is 0 Å². The number of nitrogens with two attached hydrogens (primary N) is 1. The van der Waals surface area contributed by atoms with Gasteiger partial charge in [0.2, 0.25) is 0 Å².